The number of nitrogens with zero attached hydrogens (tertiary/aromatic N) is 1. The Kier molecular flexibility index (Phi) is 4.41. The molecule has 1 heterocycles. The van der Waals surface area contributed by atoms with E-state index in [2.05, 4.69) is 4.72 Å². The second kappa shape index (κ2) is 6.26. The highest BCUT2D eigenvalue weighted by molar-refractivity contribution is 7.93. The number of hydrogen-bond acceptors (Lipinski definition) is 4. The van der Waals surface area contributed by atoms with Crippen LogP contribution in [0.5, 0.6) is 0 Å². The molecular weight excluding hydrogens is 374 g/mol. The Bertz CT molecular complexity index is 1010. The summed E-state index contributed by atoms with van der Waals surface area (Å²) in [6.07, 6.45) is 0.523. The van der Waals surface area contributed by atoms with E-state index in [0.29, 0.717) is 24.7 Å². The maximum Gasteiger partial charge on any atom is 0.264 e. The lowest BCUT2D eigenvalue weighted by Crippen LogP contribution is -2.25. The molecule has 1 aliphatic rings. The highest BCUT2D eigenvalue weighted by Gasteiger charge is 2.28. The normalized spacial score (nSPS) is 16.8. The van der Waals surface area contributed by atoms with Crippen molar-refractivity contribution in [2.75, 3.05) is 21.3 Å². The number of halogens is 2. The molecule has 2 aromatic rings. The summed E-state index contributed by atoms with van der Waals surface area (Å²) in [7, 11) is -7.66. The Balaban J connectivity index is 1.85. The zero-order chi connectivity index (χ0) is 18.2. The van der Waals surface area contributed by atoms with E-state index in [1.165, 1.54) is 28.6 Å². The van der Waals surface area contributed by atoms with Gasteiger partial charge in [-0.1, -0.05) is 0 Å². The summed E-state index contributed by atoms with van der Waals surface area (Å²) < 4.78 is 78.4. The van der Waals surface area contributed by atoms with Crippen molar-refractivity contribution in [2.45, 2.75) is 11.3 Å². The molecule has 1 aliphatic heterocycles. The maximum absolute atomic E-state index is 13.7. The summed E-state index contributed by atoms with van der Waals surface area (Å²) in [4.78, 5) is -0.807. The van der Waals surface area contributed by atoms with Gasteiger partial charge in [-0.3, -0.25) is 9.03 Å². The van der Waals surface area contributed by atoms with Gasteiger partial charge in [0, 0.05) is 12.2 Å². The Morgan fingerprint density at radius 3 is 2.32 bits per heavy atom. The van der Waals surface area contributed by atoms with Gasteiger partial charge in [-0.05, 0) is 48.9 Å². The van der Waals surface area contributed by atoms with E-state index in [1.54, 1.807) is 0 Å². The molecule has 0 radical (unpaired) electrons. The topological polar surface area (TPSA) is 83.6 Å². The van der Waals surface area contributed by atoms with Gasteiger partial charge in [0.25, 0.3) is 10.0 Å². The number of nitrogens with one attached hydrogen (secondary N) is 1. The van der Waals surface area contributed by atoms with Crippen LogP contribution in [0.25, 0.3) is 0 Å². The Morgan fingerprint density at radius 2 is 1.72 bits per heavy atom. The predicted molar refractivity (Wildman–Crippen MR) is 89.4 cm³/mol. The van der Waals surface area contributed by atoms with E-state index < -0.39 is 36.6 Å². The maximum atomic E-state index is 13.7. The molecule has 0 atom stereocenters. The van der Waals surface area contributed by atoms with Gasteiger partial charge in [0.2, 0.25) is 10.0 Å². The molecule has 0 amide bonds. The molecule has 2 aromatic carbocycles. The van der Waals surface area contributed by atoms with Crippen LogP contribution in [-0.2, 0) is 20.0 Å². The molecule has 0 spiro atoms. The zero-order valence-corrected chi connectivity index (χ0v) is 14.4. The van der Waals surface area contributed by atoms with Crippen LogP contribution < -0.4 is 9.03 Å². The fourth-order valence-corrected chi connectivity index (χ4v) is 5.23. The number of rotatable bonds is 4. The second-order valence-electron chi connectivity index (χ2n) is 5.47. The summed E-state index contributed by atoms with van der Waals surface area (Å²) in [5.41, 5.74) is 0.515. The molecule has 134 valence electrons. The predicted octanol–water partition coefficient (Wildman–Crippen LogP) is 2.31. The molecule has 3 rings (SSSR count). The monoisotopic (exact) mass is 388 g/mol. The van der Waals surface area contributed by atoms with E-state index in [4.69, 9.17) is 0 Å². The van der Waals surface area contributed by atoms with E-state index in [1.807, 2.05) is 0 Å². The van der Waals surface area contributed by atoms with Crippen LogP contribution in [0.15, 0.2) is 47.4 Å². The van der Waals surface area contributed by atoms with E-state index >= 15 is 0 Å². The van der Waals surface area contributed by atoms with Gasteiger partial charge in [-0.25, -0.2) is 25.6 Å². The van der Waals surface area contributed by atoms with E-state index in [0.717, 1.165) is 12.1 Å². The fourth-order valence-electron chi connectivity index (χ4n) is 2.52. The minimum atomic E-state index is -4.32. The summed E-state index contributed by atoms with van der Waals surface area (Å²) in [6.45, 7) is 0.363. The molecule has 0 unspecified atom stereocenters. The molecule has 10 heteroatoms. The number of hydrogen-bond donors (Lipinski definition) is 1. The van der Waals surface area contributed by atoms with Crippen LogP contribution >= 0.6 is 0 Å². The Hall–Kier alpha value is -2.20. The van der Waals surface area contributed by atoms with Crippen molar-refractivity contribution in [1.82, 2.24) is 0 Å². The van der Waals surface area contributed by atoms with Gasteiger partial charge >= 0.3 is 0 Å². The van der Waals surface area contributed by atoms with Crippen LogP contribution in [-0.4, -0.2) is 29.1 Å². The third-order valence-corrected chi connectivity index (χ3v) is 6.96. The smallest absolute Gasteiger partial charge is 0.264 e. The van der Waals surface area contributed by atoms with Crippen molar-refractivity contribution in [2.24, 2.45) is 0 Å². The average molecular weight is 388 g/mol. The highest BCUT2D eigenvalue weighted by Crippen LogP contribution is 2.26. The Labute approximate surface area is 144 Å². The van der Waals surface area contributed by atoms with E-state index in [9.17, 15) is 25.6 Å². The molecule has 0 aliphatic carbocycles. The lowest BCUT2D eigenvalue weighted by atomic mass is 10.3. The molecule has 6 nitrogen and oxygen atoms in total. The van der Waals surface area contributed by atoms with E-state index in [-0.39, 0.29) is 11.4 Å². The molecule has 0 aromatic heterocycles. The van der Waals surface area contributed by atoms with Crippen LogP contribution in [0.2, 0.25) is 0 Å². The first-order valence-electron chi connectivity index (χ1n) is 7.27. The van der Waals surface area contributed by atoms with Crippen LogP contribution in [0.3, 0.4) is 0 Å². The van der Waals surface area contributed by atoms with Crippen molar-refractivity contribution < 1.29 is 25.6 Å². The van der Waals surface area contributed by atoms with Crippen molar-refractivity contribution >= 4 is 31.4 Å². The summed E-state index contributed by atoms with van der Waals surface area (Å²) >= 11 is 0. The molecule has 0 saturated carbocycles. The molecule has 25 heavy (non-hydrogen) atoms. The summed E-state index contributed by atoms with van der Waals surface area (Å²) in [5, 5.41) is 0. The zero-order valence-electron chi connectivity index (χ0n) is 12.8. The minimum Gasteiger partial charge on any atom is -0.280 e. The molecular formula is C15H14F2N2O4S2. The third kappa shape index (κ3) is 3.59. The fraction of sp³-hybridized carbons (Fsp3) is 0.200. The molecule has 0 bridgehead atoms. The Morgan fingerprint density at radius 1 is 1.04 bits per heavy atom. The first kappa shape index (κ1) is 17.6. The van der Waals surface area contributed by atoms with Crippen molar-refractivity contribution in [3.05, 3.63) is 54.1 Å². The SMILES string of the molecule is O=S(=O)(Nc1ccc(N2CCCS2(=O)=O)cc1)c1cc(F)ccc1F. The van der Waals surface area contributed by atoms with Gasteiger partial charge in [-0.15, -0.1) is 0 Å². The molecule has 1 fully saturated rings. The van der Waals surface area contributed by atoms with Crippen LogP contribution in [0.1, 0.15) is 6.42 Å². The van der Waals surface area contributed by atoms with Gasteiger partial charge in [0.15, 0.2) is 0 Å². The summed E-state index contributed by atoms with van der Waals surface area (Å²) in [6, 6.07) is 7.74. The summed E-state index contributed by atoms with van der Waals surface area (Å²) in [5.74, 6) is -1.88. The van der Waals surface area contributed by atoms with Gasteiger partial charge < -0.3 is 0 Å². The van der Waals surface area contributed by atoms with Crippen molar-refractivity contribution in [3.63, 3.8) is 0 Å². The van der Waals surface area contributed by atoms with Gasteiger partial charge in [-0.2, -0.15) is 0 Å². The quantitative estimate of drug-likeness (QED) is 0.871. The van der Waals surface area contributed by atoms with Crippen LogP contribution in [0.4, 0.5) is 20.2 Å². The van der Waals surface area contributed by atoms with Crippen LogP contribution in [0, 0.1) is 11.6 Å². The molecule has 1 saturated heterocycles. The number of benzene rings is 2. The minimum absolute atomic E-state index is 0.0697. The standard InChI is InChI=1S/C15H14F2N2O4S2/c16-11-2-7-14(17)15(10-11)25(22,23)18-12-3-5-13(6-4-12)19-8-1-9-24(19,20)21/h2-7,10,18H,1,8-9H2. The third-order valence-electron chi connectivity index (χ3n) is 3.69. The first-order valence-corrected chi connectivity index (χ1v) is 10.4. The molecule has 1 N–H and O–H groups in total. The second-order valence-corrected chi connectivity index (χ2v) is 9.13. The van der Waals surface area contributed by atoms with Gasteiger partial charge in [0.1, 0.15) is 16.5 Å². The highest BCUT2D eigenvalue weighted by atomic mass is 32.2. The van der Waals surface area contributed by atoms with Gasteiger partial charge in [0.05, 0.1) is 11.4 Å². The average Bonchev–Trinajstić information content (AvgIpc) is 2.89. The lowest BCUT2D eigenvalue weighted by Gasteiger charge is -2.17. The first-order chi connectivity index (χ1) is 11.7. The lowest BCUT2D eigenvalue weighted by molar-refractivity contribution is 0.555. The van der Waals surface area contributed by atoms with Crippen molar-refractivity contribution in [3.8, 4) is 0 Å². The van der Waals surface area contributed by atoms with Crippen molar-refractivity contribution in [1.29, 1.82) is 0 Å². The largest absolute Gasteiger partial charge is 0.280 e. The number of anilines is 2. The number of sulfonamides is 2.